The van der Waals surface area contributed by atoms with Crippen molar-refractivity contribution in [2.45, 2.75) is 84.9 Å². The van der Waals surface area contributed by atoms with E-state index in [9.17, 15) is 37.1 Å². The number of rotatable bonds is 15. The molecule has 2 heterocycles. The Morgan fingerprint density at radius 1 is 0.869 bits per heavy atom. The Morgan fingerprint density at radius 3 is 2.21 bits per heavy atom. The number of ether oxygens (including phenoxy) is 2. The maximum Gasteiger partial charge on any atom is 0.416 e. The summed E-state index contributed by atoms with van der Waals surface area (Å²) in [4.78, 5) is 70.3. The van der Waals surface area contributed by atoms with E-state index in [1.165, 1.54) is 6.92 Å². The molecule has 3 aromatic carbocycles. The molecule has 0 spiro atoms. The number of nitrogens with one attached hydrogen (secondary N) is 2. The minimum absolute atomic E-state index is 0.0495. The first kappa shape index (κ1) is 46.1. The molecule has 0 bridgehead atoms. The van der Waals surface area contributed by atoms with Crippen LogP contribution in [0.2, 0.25) is 0 Å². The number of carbonyl (C=O) groups is 3. The van der Waals surface area contributed by atoms with Crippen LogP contribution < -0.4 is 26.8 Å². The predicted molar refractivity (Wildman–Crippen MR) is 221 cm³/mol. The molecule has 0 radical (unpaired) electrons. The third-order valence-electron chi connectivity index (χ3n) is 10.1. The Bertz CT molecular complexity index is 2300. The van der Waals surface area contributed by atoms with Crippen molar-refractivity contribution in [2.75, 3.05) is 44.2 Å². The summed E-state index contributed by atoms with van der Waals surface area (Å²) in [5.74, 6) is -1.78. The van der Waals surface area contributed by atoms with Crippen LogP contribution in [0.3, 0.4) is 0 Å². The van der Waals surface area contributed by atoms with Gasteiger partial charge in [0.2, 0.25) is 0 Å². The van der Waals surface area contributed by atoms with Crippen LogP contribution >= 0.6 is 0 Å². The van der Waals surface area contributed by atoms with Crippen LogP contribution in [0.4, 0.5) is 28.0 Å². The molecule has 5 rings (SSSR count). The number of benzene rings is 3. The molecule has 13 nitrogen and oxygen atoms in total. The minimum atomic E-state index is -4.94. The molecule has 1 aliphatic rings. The first-order valence-corrected chi connectivity index (χ1v) is 20.1. The molecule has 2 N–H and O–H groups in total. The third kappa shape index (κ3) is 12.3. The highest BCUT2D eigenvalue weighted by Crippen LogP contribution is 2.34. The summed E-state index contributed by atoms with van der Waals surface area (Å²) in [6.07, 6.45) is -5.13. The second-order valence-electron chi connectivity index (χ2n) is 15.7. The highest BCUT2D eigenvalue weighted by molar-refractivity contribution is 5.94. The van der Waals surface area contributed by atoms with E-state index >= 15 is 4.39 Å². The number of halogens is 4. The van der Waals surface area contributed by atoms with E-state index in [4.69, 9.17) is 9.47 Å². The Balaban J connectivity index is 1.44. The molecule has 61 heavy (non-hydrogen) atoms. The number of piperazine rings is 1. The number of alkyl halides is 3. The third-order valence-corrected chi connectivity index (χ3v) is 10.1. The lowest BCUT2D eigenvalue weighted by Gasteiger charge is -2.37. The summed E-state index contributed by atoms with van der Waals surface area (Å²) in [5, 5.41) is 5.55. The Labute approximate surface area is 351 Å². The summed E-state index contributed by atoms with van der Waals surface area (Å²) in [5.41, 5.74) is -2.70. The molecule has 4 aromatic rings. The zero-order chi connectivity index (χ0) is 44.5. The molecule has 1 aromatic heterocycles. The van der Waals surface area contributed by atoms with Gasteiger partial charge in [-0.15, -0.1) is 0 Å². The van der Waals surface area contributed by atoms with Crippen molar-refractivity contribution in [1.29, 1.82) is 0 Å². The number of esters is 1. The van der Waals surface area contributed by atoms with Gasteiger partial charge in [0.05, 0.1) is 31.3 Å². The van der Waals surface area contributed by atoms with E-state index in [1.807, 2.05) is 6.07 Å². The van der Waals surface area contributed by atoms with Crippen LogP contribution in [0.25, 0.3) is 0 Å². The van der Waals surface area contributed by atoms with Crippen molar-refractivity contribution in [2.24, 2.45) is 0 Å². The van der Waals surface area contributed by atoms with Gasteiger partial charge in [0.1, 0.15) is 17.1 Å². The van der Waals surface area contributed by atoms with Crippen LogP contribution in [-0.2, 0) is 40.1 Å². The number of carbonyl (C=O) groups excluding carboxylic acids is 3. The summed E-state index contributed by atoms with van der Waals surface area (Å²) in [6, 6.07) is 17.2. The average Bonchev–Trinajstić information content (AvgIpc) is 3.20. The van der Waals surface area contributed by atoms with Gasteiger partial charge in [0.15, 0.2) is 0 Å². The molecule has 1 atom stereocenters. The predicted octanol–water partition coefficient (Wildman–Crippen LogP) is 6.19. The van der Waals surface area contributed by atoms with Gasteiger partial charge in [-0.25, -0.2) is 14.0 Å². The van der Waals surface area contributed by atoms with Crippen molar-refractivity contribution in [3.63, 3.8) is 0 Å². The van der Waals surface area contributed by atoms with E-state index < -0.39 is 65.2 Å². The molecule has 0 aliphatic carbocycles. The molecule has 1 unspecified atom stereocenters. The molecular weight excluding hydrogens is 801 g/mol. The minimum Gasteiger partial charge on any atom is -0.466 e. The molecule has 17 heteroatoms. The lowest BCUT2D eigenvalue weighted by molar-refractivity contribution is -0.143. The van der Waals surface area contributed by atoms with Gasteiger partial charge >= 0.3 is 23.9 Å². The summed E-state index contributed by atoms with van der Waals surface area (Å²) >= 11 is 0. The van der Waals surface area contributed by atoms with Gasteiger partial charge < -0.3 is 25.0 Å². The number of hydrogen-bond acceptors (Lipinski definition) is 9. The summed E-state index contributed by atoms with van der Waals surface area (Å²) in [7, 11) is 0. The lowest BCUT2D eigenvalue weighted by atomic mass is 10.1. The smallest absolute Gasteiger partial charge is 0.416 e. The normalized spacial score (nSPS) is 14.0. The molecule has 328 valence electrons. The number of amides is 2. The SMILES string of the molecule is CCOC(=O)CCCNC(=O)c1cccc(CN2CCN(c3c(C)n(Cc4c(F)cccc4C(F)(F)F)c(=O)n(CC(NC(=O)OC(C)(C)C)c4ccccc4)c3=O)CC2)c1. The molecule has 0 saturated carbocycles. The van der Waals surface area contributed by atoms with Crippen molar-refractivity contribution >= 4 is 23.7 Å². The van der Waals surface area contributed by atoms with Crippen molar-refractivity contribution in [3.05, 3.63) is 133 Å². The Morgan fingerprint density at radius 2 is 1.56 bits per heavy atom. The van der Waals surface area contributed by atoms with Gasteiger partial charge in [-0.2, -0.15) is 13.2 Å². The Kier molecular flexibility index (Phi) is 15.2. The van der Waals surface area contributed by atoms with Gasteiger partial charge in [-0.1, -0.05) is 48.5 Å². The van der Waals surface area contributed by atoms with Gasteiger partial charge in [-0.3, -0.25) is 28.4 Å². The fourth-order valence-corrected chi connectivity index (χ4v) is 7.16. The van der Waals surface area contributed by atoms with Crippen molar-refractivity contribution in [1.82, 2.24) is 24.7 Å². The van der Waals surface area contributed by atoms with E-state index in [2.05, 4.69) is 15.5 Å². The van der Waals surface area contributed by atoms with E-state index in [1.54, 1.807) is 81.1 Å². The molecule has 1 fully saturated rings. The highest BCUT2D eigenvalue weighted by atomic mass is 19.4. The second kappa shape index (κ2) is 20.1. The lowest BCUT2D eigenvalue weighted by Crippen LogP contribution is -2.51. The van der Waals surface area contributed by atoms with Gasteiger partial charge in [-0.05, 0) is 76.4 Å². The number of aromatic nitrogens is 2. The van der Waals surface area contributed by atoms with Crippen molar-refractivity contribution < 1.29 is 41.4 Å². The molecule has 1 aliphatic heterocycles. The van der Waals surface area contributed by atoms with Crippen molar-refractivity contribution in [3.8, 4) is 0 Å². The molecule has 2 amide bonds. The standard InChI is InChI=1S/C44H52F4N6O7/c1-6-60-37(55)19-12-20-49-39(56)32-16-10-13-30(25-32)26-51-21-23-52(24-22-51)38-29(2)53(27-33-34(44(46,47)48)17-11-18-35(33)45)42(59)54(40(38)57)28-36(31-14-8-7-9-15-31)50-41(58)61-43(3,4)5/h7-11,13-18,25,36H,6,12,19-24,26-28H2,1-5H3,(H,49,56)(H,50,58). The number of nitrogens with zero attached hydrogens (tertiary/aromatic N) is 4. The van der Waals surface area contributed by atoms with Crippen LogP contribution in [0.1, 0.15) is 84.9 Å². The van der Waals surface area contributed by atoms with Crippen LogP contribution in [0.5, 0.6) is 0 Å². The second-order valence-corrected chi connectivity index (χ2v) is 15.7. The number of alkyl carbamates (subject to hydrolysis) is 1. The topological polar surface area (TPSA) is 144 Å². The first-order valence-electron chi connectivity index (χ1n) is 20.1. The van der Waals surface area contributed by atoms with Crippen LogP contribution in [0.15, 0.2) is 82.4 Å². The first-order chi connectivity index (χ1) is 28.9. The van der Waals surface area contributed by atoms with E-state index in [0.717, 1.165) is 32.9 Å². The quantitative estimate of drug-likeness (QED) is 0.0814. The van der Waals surface area contributed by atoms with Gasteiger partial charge in [0.25, 0.3) is 11.5 Å². The zero-order valence-electron chi connectivity index (χ0n) is 34.9. The Hall–Kier alpha value is -5.97. The molecular formula is C44H52F4N6O7. The monoisotopic (exact) mass is 852 g/mol. The summed E-state index contributed by atoms with van der Waals surface area (Å²) in [6.45, 7) is 9.42. The fourth-order valence-electron chi connectivity index (χ4n) is 7.16. The summed E-state index contributed by atoms with van der Waals surface area (Å²) < 4.78 is 70.1. The van der Waals surface area contributed by atoms with E-state index in [-0.39, 0.29) is 42.8 Å². The van der Waals surface area contributed by atoms with Crippen LogP contribution in [0, 0.1) is 12.7 Å². The zero-order valence-corrected chi connectivity index (χ0v) is 34.9. The van der Waals surface area contributed by atoms with E-state index in [0.29, 0.717) is 50.3 Å². The number of hydrogen-bond donors (Lipinski definition) is 2. The number of anilines is 1. The average molecular weight is 853 g/mol. The maximum absolute atomic E-state index is 15.3. The maximum atomic E-state index is 15.3. The van der Waals surface area contributed by atoms with Crippen LogP contribution in [-0.4, -0.2) is 76.9 Å². The fraction of sp³-hybridized carbons (Fsp3) is 0.432. The largest absolute Gasteiger partial charge is 0.466 e. The molecule has 1 saturated heterocycles. The van der Waals surface area contributed by atoms with Gasteiger partial charge in [0, 0.05) is 62.5 Å². The highest BCUT2D eigenvalue weighted by Gasteiger charge is 2.35.